The second kappa shape index (κ2) is 13.9. The van der Waals surface area contributed by atoms with E-state index in [1.165, 1.54) is 11.4 Å². The Morgan fingerprint density at radius 2 is 1.62 bits per heavy atom. The highest BCUT2D eigenvalue weighted by Crippen LogP contribution is 2.24. The highest BCUT2D eigenvalue weighted by Gasteiger charge is 2.29. The topological polar surface area (TPSA) is 105 Å². The van der Waals surface area contributed by atoms with Gasteiger partial charge in [0.2, 0.25) is 21.8 Å². The molecule has 0 radical (unpaired) electrons. The number of benzene rings is 2. The summed E-state index contributed by atoms with van der Waals surface area (Å²) in [5.41, 5.74) is 1.29. The van der Waals surface area contributed by atoms with Gasteiger partial charge in [-0.05, 0) is 56.5 Å². The molecule has 1 N–H and O–H groups in total. The number of rotatable bonds is 14. The molecular formula is C27H39N3O6S. The van der Waals surface area contributed by atoms with Crippen LogP contribution in [0.4, 0.5) is 5.69 Å². The number of carbonyl (C=O) groups is 2. The number of amides is 2. The Hall–Kier alpha value is -3.27. The monoisotopic (exact) mass is 533 g/mol. The molecular weight excluding hydrogens is 494 g/mol. The largest absolute Gasteiger partial charge is 0.497 e. The minimum atomic E-state index is -3.59. The minimum Gasteiger partial charge on any atom is -0.497 e. The van der Waals surface area contributed by atoms with Crippen molar-refractivity contribution in [2.75, 3.05) is 31.3 Å². The molecule has 10 heteroatoms. The summed E-state index contributed by atoms with van der Waals surface area (Å²) in [5.74, 6) is 0.746. The molecule has 0 unspecified atom stereocenters. The van der Waals surface area contributed by atoms with E-state index in [2.05, 4.69) is 5.32 Å². The number of nitrogens with zero attached hydrogens (tertiary/aromatic N) is 2. The predicted molar refractivity (Wildman–Crippen MR) is 145 cm³/mol. The first-order valence-electron chi connectivity index (χ1n) is 12.3. The van der Waals surface area contributed by atoms with Gasteiger partial charge >= 0.3 is 0 Å². The molecule has 0 spiro atoms. The summed E-state index contributed by atoms with van der Waals surface area (Å²) < 4.78 is 36.8. The van der Waals surface area contributed by atoms with Gasteiger partial charge in [-0.25, -0.2) is 8.42 Å². The van der Waals surface area contributed by atoms with Crippen LogP contribution >= 0.6 is 0 Å². The molecule has 0 aliphatic rings. The van der Waals surface area contributed by atoms with Crippen LogP contribution in [0.25, 0.3) is 0 Å². The Kier molecular flexibility index (Phi) is 11.2. The molecule has 0 saturated carbocycles. The quantitative estimate of drug-likeness (QED) is 0.398. The lowest BCUT2D eigenvalue weighted by Crippen LogP contribution is -2.50. The molecule has 0 heterocycles. The first-order chi connectivity index (χ1) is 17.5. The van der Waals surface area contributed by atoms with Crippen molar-refractivity contribution in [1.29, 1.82) is 0 Å². The molecule has 2 rings (SSSR count). The lowest BCUT2D eigenvalue weighted by molar-refractivity contribution is -0.141. The number of hydrogen-bond donors (Lipinski definition) is 1. The third-order valence-electron chi connectivity index (χ3n) is 5.80. The number of ether oxygens (including phenoxy) is 2. The van der Waals surface area contributed by atoms with Gasteiger partial charge in [0, 0.05) is 31.6 Å². The molecule has 0 aromatic heterocycles. The number of anilines is 1. The van der Waals surface area contributed by atoms with Crippen LogP contribution in [0.15, 0.2) is 48.5 Å². The third kappa shape index (κ3) is 8.96. The second-order valence-corrected chi connectivity index (χ2v) is 11.0. The van der Waals surface area contributed by atoms with Gasteiger partial charge in [0.05, 0.1) is 26.2 Å². The molecule has 0 bridgehead atoms. The molecule has 0 aliphatic heterocycles. The molecule has 1 atom stereocenters. The Balaban J connectivity index is 2.25. The zero-order valence-corrected chi connectivity index (χ0v) is 23.4. The maximum absolute atomic E-state index is 13.5. The van der Waals surface area contributed by atoms with Crippen molar-refractivity contribution >= 4 is 27.5 Å². The summed E-state index contributed by atoms with van der Waals surface area (Å²) in [5, 5.41) is 2.91. The smallest absolute Gasteiger partial charge is 0.243 e. The van der Waals surface area contributed by atoms with Crippen molar-refractivity contribution in [3.8, 4) is 11.5 Å². The standard InChI is InChI=1S/C27H39N3O6S/c1-7-25(27(32)28-20(2)3)29(19-21-11-8-13-23(17-21)35-4)26(31)15-10-16-30(37(6,33)34)22-12-9-14-24(18-22)36-5/h8-9,11-14,17-18,20,25H,7,10,15-16,19H2,1-6H3,(H,28,32)/t25-/m1/s1. The number of methoxy groups -OCH3 is 2. The highest BCUT2D eigenvalue weighted by molar-refractivity contribution is 7.92. The summed E-state index contributed by atoms with van der Waals surface area (Å²) in [6.45, 7) is 5.95. The van der Waals surface area contributed by atoms with E-state index in [0.717, 1.165) is 11.8 Å². The lowest BCUT2D eigenvalue weighted by Gasteiger charge is -2.31. The van der Waals surface area contributed by atoms with E-state index in [1.807, 2.05) is 45.0 Å². The highest BCUT2D eigenvalue weighted by atomic mass is 32.2. The van der Waals surface area contributed by atoms with Crippen molar-refractivity contribution in [3.63, 3.8) is 0 Å². The number of sulfonamides is 1. The number of hydrogen-bond acceptors (Lipinski definition) is 6. The molecule has 0 fully saturated rings. The number of carbonyl (C=O) groups excluding carboxylic acids is 2. The fraction of sp³-hybridized carbons (Fsp3) is 0.481. The SMILES string of the molecule is CC[C@H](C(=O)NC(C)C)N(Cc1cccc(OC)c1)C(=O)CCCN(c1cccc(OC)c1)S(C)(=O)=O. The molecule has 37 heavy (non-hydrogen) atoms. The molecule has 9 nitrogen and oxygen atoms in total. The summed E-state index contributed by atoms with van der Waals surface area (Å²) >= 11 is 0. The molecule has 2 aromatic carbocycles. The maximum Gasteiger partial charge on any atom is 0.243 e. The average molecular weight is 534 g/mol. The van der Waals surface area contributed by atoms with E-state index < -0.39 is 16.1 Å². The van der Waals surface area contributed by atoms with E-state index in [9.17, 15) is 18.0 Å². The van der Waals surface area contributed by atoms with E-state index in [1.54, 1.807) is 36.3 Å². The van der Waals surface area contributed by atoms with Crippen LogP contribution in [0.5, 0.6) is 11.5 Å². The van der Waals surface area contributed by atoms with Crippen LogP contribution in [-0.2, 0) is 26.2 Å². The van der Waals surface area contributed by atoms with Gasteiger partial charge < -0.3 is 19.7 Å². The first-order valence-corrected chi connectivity index (χ1v) is 14.2. The normalized spacial score (nSPS) is 12.1. The Morgan fingerprint density at radius 1 is 1.00 bits per heavy atom. The zero-order chi connectivity index (χ0) is 27.6. The van der Waals surface area contributed by atoms with Crippen LogP contribution in [0.2, 0.25) is 0 Å². The van der Waals surface area contributed by atoms with Crippen molar-refractivity contribution in [2.24, 2.45) is 0 Å². The Morgan fingerprint density at radius 3 is 2.19 bits per heavy atom. The van der Waals surface area contributed by atoms with Crippen molar-refractivity contribution in [3.05, 3.63) is 54.1 Å². The van der Waals surface area contributed by atoms with Crippen molar-refractivity contribution in [2.45, 2.75) is 58.7 Å². The van der Waals surface area contributed by atoms with Crippen LogP contribution < -0.4 is 19.1 Å². The third-order valence-corrected chi connectivity index (χ3v) is 6.99. The van der Waals surface area contributed by atoms with Crippen molar-refractivity contribution < 1.29 is 27.5 Å². The van der Waals surface area contributed by atoms with Crippen molar-refractivity contribution in [1.82, 2.24) is 10.2 Å². The van der Waals surface area contributed by atoms with Crippen LogP contribution in [0, 0.1) is 0 Å². The van der Waals surface area contributed by atoms with Gasteiger partial charge in [-0.15, -0.1) is 0 Å². The summed E-state index contributed by atoms with van der Waals surface area (Å²) in [6.07, 6.45) is 1.92. The molecule has 2 aromatic rings. The van der Waals surface area contributed by atoms with Crippen LogP contribution in [-0.4, -0.2) is 64.2 Å². The predicted octanol–water partition coefficient (Wildman–Crippen LogP) is 3.58. The van der Waals surface area contributed by atoms with E-state index in [4.69, 9.17) is 9.47 Å². The molecule has 204 valence electrons. The Bertz CT molecular complexity index is 1150. The molecule has 2 amide bonds. The van der Waals surface area contributed by atoms with Gasteiger partial charge in [0.25, 0.3) is 0 Å². The average Bonchev–Trinajstić information content (AvgIpc) is 2.85. The fourth-order valence-electron chi connectivity index (χ4n) is 4.04. The summed E-state index contributed by atoms with van der Waals surface area (Å²) in [4.78, 5) is 28.0. The number of nitrogens with one attached hydrogen (secondary N) is 1. The van der Waals surface area contributed by atoms with Gasteiger partial charge in [-0.2, -0.15) is 0 Å². The fourth-order valence-corrected chi connectivity index (χ4v) is 4.99. The van der Waals surface area contributed by atoms with Crippen LogP contribution in [0.3, 0.4) is 0 Å². The summed E-state index contributed by atoms with van der Waals surface area (Å²) in [7, 11) is -0.505. The van der Waals surface area contributed by atoms with E-state index >= 15 is 0 Å². The van der Waals surface area contributed by atoms with Gasteiger partial charge in [0.1, 0.15) is 17.5 Å². The zero-order valence-electron chi connectivity index (χ0n) is 22.6. The van der Waals surface area contributed by atoms with Gasteiger partial charge in [-0.1, -0.05) is 25.1 Å². The first kappa shape index (κ1) is 30.0. The van der Waals surface area contributed by atoms with Gasteiger partial charge in [-0.3, -0.25) is 13.9 Å². The van der Waals surface area contributed by atoms with E-state index in [0.29, 0.717) is 23.6 Å². The second-order valence-electron chi connectivity index (χ2n) is 9.10. The van der Waals surface area contributed by atoms with Crippen LogP contribution in [0.1, 0.15) is 45.6 Å². The molecule has 0 saturated heterocycles. The molecule has 0 aliphatic carbocycles. The lowest BCUT2D eigenvalue weighted by atomic mass is 10.1. The maximum atomic E-state index is 13.5. The Labute approximate surface area is 220 Å². The van der Waals surface area contributed by atoms with E-state index in [-0.39, 0.29) is 43.8 Å². The summed E-state index contributed by atoms with van der Waals surface area (Å²) in [6, 6.07) is 13.4. The van der Waals surface area contributed by atoms with Gasteiger partial charge in [0.15, 0.2) is 0 Å². The minimum absolute atomic E-state index is 0.0681.